The maximum absolute atomic E-state index is 6.07. The third kappa shape index (κ3) is 3.75. The topological polar surface area (TPSA) is 90.7 Å². The van der Waals surface area contributed by atoms with E-state index < -0.39 is 0 Å². The van der Waals surface area contributed by atoms with Crippen molar-refractivity contribution < 1.29 is 0 Å². The number of benzene rings is 1. The van der Waals surface area contributed by atoms with Crippen molar-refractivity contribution >= 4 is 5.82 Å². The minimum atomic E-state index is 0.449. The van der Waals surface area contributed by atoms with Crippen molar-refractivity contribution in [3.05, 3.63) is 84.3 Å². The number of hydrogen-bond donors (Lipinski definition) is 2. The monoisotopic (exact) mass is 367 g/mol. The summed E-state index contributed by atoms with van der Waals surface area (Å²) in [6, 6.07) is 18.0. The number of rotatable bonds is 4. The molecule has 4 rings (SSSR count). The van der Waals surface area contributed by atoms with E-state index in [-0.39, 0.29) is 0 Å². The first-order valence-corrected chi connectivity index (χ1v) is 9.08. The van der Waals surface area contributed by atoms with E-state index in [4.69, 9.17) is 11.5 Å². The predicted octanol–water partition coefficient (Wildman–Crippen LogP) is 4.22. The van der Waals surface area contributed by atoms with Crippen LogP contribution in [0, 0.1) is 6.92 Å². The summed E-state index contributed by atoms with van der Waals surface area (Å²) in [5, 5.41) is 0. The van der Waals surface area contributed by atoms with E-state index in [1.165, 1.54) is 5.56 Å². The number of hydrogen-bond acceptors (Lipinski definition) is 5. The highest BCUT2D eigenvalue weighted by atomic mass is 14.9. The SMILES string of the molecule is Cc1cc(CN)cc(-c2cncc(-c3cc(N)nc(-c4ccccn4)c3)c2)c1. The highest BCUT2D eigenvalue weighted by Gasteiger charge is 2.09. The second-order valence-electron chi connectivity index (χ2n) is 6.75. The van der Waals surface area contributed by atoms with E-state index >= 15 is 0 Å². The van der Waals surface area contributed by atoms with Crippen LogP contribution in [-0.2, 0) is 6.54 Å². The Morgan fingerprint density at radius 2 is 1.61 bits per heavy atom. The van der Waals surface area contributed by atoms with Gasteiger partial charge in [-0.2, -0.15) is 0 Å². The molecule has 0 aliphatic heterocycles. The third-order valence-corrected chi connectivity index (χ3v) is 4.55. The smallest absolute Gasteiger partial charge is 0.124 e. The standard InChI is InChI=1S/C23H21N5/c1-15-6-16(12-24)8-17(7-15)19-9-20(14-26-13-19)18-10-22(28-23(25)11-18)21-4-2-3-5-27-21/h2-11,13-14H,12,24H2,1H3,(H2,25,28). The molecule has 0 spiro atoms. The Balaban J connectivity index is 1.78. The fraction of sp³-hybridized carbons (Fsp3) is 0.0870. The molecule has 5 nitrogen and oxygen atoms in total. The minimum Gasteiger partial charge on any atom is -0.384 e. The number of pyridine rings is 3. The van der Waals surface area contributed by atoms with Gasteiger partial charge in [-0.1, -0.05) is 23.8 Å². The van der Waals surface area contributed by atoms with Crippen LogP contribution in [-0.4, -0.2) is 15.0 Å². The third-order valence-electron chi connectivity index (χ3n) is 4.55. The lowest BCUT2D eigenvalue weighted by molar-refractivity contribution is 1.07. The van der Waals surface area contributed by atoms with E-state index in [1.807, 2.05) is 42.7 Å². The van der Waals surface area contributed by atoms with Crippen molar-refractivity contribution in [2.45, 2.75) is 13.5 Å². The maximum atomic E-state index is 6.07. The molecule has 0 saturated carbocycles. The van der Waals surface area contributed by atoms with Crippen LogP contribution in [0.2, 0.25) is 0 Å². The summed E-state index contributed by atoms with van der Waals surface area (Å²) in [5.74, 6) is 0.449. The normalized spacial score (nSPS) is 10.8. The molecule has 5 heteroatoms. The largest absolute Gasteiger partial charge is 0.384 e. The van der Waals surface area contributed by atoms with Gasteiger partial charge < -0.3 is 11.5 Å². The van der Waals surface area contributed by atoms with Gasteiger partial charge in [-0.15, -0.1) is 0 Å². The maximum Gasteiger partial charge on any atom is 0.124 e. The lowest BCUT2D eigenvalue weighted by atomic mass is 9.98. The lowest BCUT2D eigenvalue weighted by Gasteiger charge is -2.10. The summed E-state index contributed by atoms with van der Waals surface area (Å²) >= 11 is 0. The molecule has 0 saturated heterocycles. The van der Waals surface area contributed by atoms with E-state index in [2.05, 4.69) is 46.1 Å². The van der Waals surface area contributed by atoms with E-state index in [9.17, 15) is 0 Å². The summed E-state index contributed by atoms with van der Waals surface area (Å²) < 4.78 is 0. The Morgan fingerprint density at radius 3 is 2.32 bits per heavy atom. The molecule has 3 aromatic heterocycles. The first kappa shape index (κ1) is 17.8. The van der Waals surface area contributed by atoms with Gasteiger partial charge in [-0.05, 0) is 60.0 Å². The number of nitrogens with zero attached hydrogens (tertiary/aromatic N) is 3. The zero-order valence-electron chi connectivity index (χ0n) is 15.6. The molecule has 4 aromatic rings. The molecule has 0 unspecified atom stereocenters. The highest BCUT2D eigenvalue weighted by Crippen LogP contribution is 2.29. The van der Waals surface area contributed by atoms with Crippen molar-refractivity contribution in [1.29, 1.82) is 0 Å². The molecule has 0 aliphatic rings. The molecule has 138 valence electrons. The lowest BCUT2D eigenvalue weighted by Crippen LogP contribution is -1.97. The predicted molar refractivity (Wildman–Crippen MR) is 113 cm³/mol. The van der Waals surface area contributed by atoms with E-state index in [0.717, 1.165) is 39.2 Å². The van der Waals surface area contributed by atoms with Gasteiger partial charge in [0.05, 0.1) is 11.4 Å². The number of aryl methyl sites for hydroxylation is 1. The van der Waals surface area contributed by atoms with Crippen LogP contribution in [0.5, 0.6) is 0 Å². The molecule has 0 amide bonds. The van der Waals surface area contributed by atoms with Gasteiger partial charge in [0.15, 0.2) is 0 Å². The highest BCUT2D eigenvalue weighted by molar-refractivity contribution is 5.76. The van der Waals surface area contributed by atoms with Crippen molar-refractivity contribution in [2.24, 2.45) is 5.73 Å². The van der Waals surface area contributed by atoms with E-state index in [1.54, 1.807) is 6.20 Å². The first-order chi connectivity index (χ1) is 13.6. The van der Waals surface area contributed by atoms with Gasteiger partial charge >= 0.3 is 0 Å². The van der Waals surface area contributed by atoms with Crippen LogP contribution >= 0.6 is 0 Å². The van der Waals surface area contributed by atoms with Crippen LogP contribution in [0.4, 0.5) is 5.82 Å². The van der Waals surface area contributed by atoms with Gasteiger partial charge in [-0.25, -0.2) is 4.98 Å². The van der Waals surface area contributed by atoms with Crippen LogP contribution < -0.4 is 11.5 Å². The second-order valence-corrected chi connectivity index (χ2v) is 6.75. The quantitative estimate of drug-likeness (QED) is 0.563. The molecule has 0 fully saturated rings. The molecule has 3 heterocycles. The summed E-state index contributed by atoms with van der Waals surface area (Å²) in [6.45, 7) is 2.58. The van der Waals surface area contributed by atoms with Gasteiger partial charge in [0.1, 0.15) is 5.82 Å². The van der Waals surface area contributed by atoms with Crippen LogP contribution in [0.15, 0.2) is 73.2 Å². The number of nitrogens with two attached hydrogens (primary N) is 2. The van der Waals surface area contributed by atoms with Crippen molar-refractivity contribution in [1.82, 2.24) is 15.0 Å². The molecule has 0 bridgehead atoms. The number of nitrogen functional groups attached to an aromatic ring is 1. The second kappa shape index (κ2) is 7.58. The van der Waals surface area contributed by atoms with Gasteiger partial charge in [-0.3, -0.25) is 9.97 Å². The number of anilines is 1. The van der Waals surface area contributed by atoms with Crippen molar-refractivity contribution in [2.75, 3.05) is 5.73 Å². The summed E-state index contributed by atoms with van der Waals surface area (Å²) in [5.41, 5.74) is 19.8. The summed E-state index contributed by atoms with van der Waals surface area (Å²) in [7, 11) is 0. The molecule has 1 aromatic carbocycles. The molecular formula is C23H21N5. The van der Waals surface area contributed by atoms with Crippen LogP contribution in [0.1, 0.15) is 11.1 Å². The van der Waals surface area contributed by atoms with E-state index in [0.29, 0.717) is 12.4 Å². The summed E-state index contributed by atoms with van der Waals surface area (Å²) in [4.78, 5) is 13.2. The average molecular weight is 367 g/mol. The fourth-order valence-electron chi connectivity index (χ4n) is 3.27. The zero-order valence-corrected chi connectivity index (χ0v) is 15.6. The molecular weight excluding hydrogens is 346 g/mol. The summed E-state index contributed by atoms with van der Waals surface area (Å²) in [6.07, 6.45) is 5.44. The van der Waals surface area contributed by atoms with Gasteiger partial charge in [0, 0.05) is 36.3 Å². The Bertz CT molecular complexity index is 1120. The molecule has 4 N–H and O–H groups in total. The Hall–Kier alpha value is -3.57. The Kier molecular flexibility index (Phi) is 4.83. The molecule has 0 atom stereocenters. The molecule has 0 radical (unpaired) electrons. The molecule has 0 aliphatic carbocycles. The number of aromatic nitrogens is 3. The average Bonchev–Trinajstić information content (AvgIpc) is 2.73. The fourth-order valence-corrected chi connectivity index (χ4v) is 3.27. The molecule has 28 heavy (non-hydrogen) atoms. The van der Waals surface area contributed by atoms with Gasteiger partial charge in [0.2, 0.25) is 0 Å². The first-order valence-electron chi connectivity index (χ1n) is 9.08. The van der Waals surface area contributed by atoms with Crippen LogP contribution in [0.25, 0.3) is 33.6 Å². The Labute approximate surface area is 164 Å². The minimum absolute atomic E-state index is 0.449. The zero-order chi connectivity index (χ0) is 19.5. The van der Waals surface area contributed by atoms with Crippen molar-refractivity contribution in [3.63, 3.8) is 0 Å². The Morgan fingerprint density at radius 1 is 0.821 bits per heavy atom. The van der Waals surface area contributed by atoms with Gasteiger partial charge in [0.25, 0.3) is 0 Å². The van der Waals surface area contributed by atoms with Crippen LogP contribution in [0.3, 0.4) is 0 Å². The van der Waals surface area contributed by atoms with Crippen molar-refractivity contribution in [3.8, 4) is 33.6 Å².